The molecular weight excluding hydrogens is 270 g/mol. The maximum atomic E-state index is 11.8. The van der Waals surface area contributed by atoms with Crippen LogP contribution in [-0.4, -0.2) is 41.6 Å². The van der Waals surface area contributed by atoms with E-state index in [2.05, 4.69) is 15.2 Å². The third kappa shape index (κ3) is 5.26. The first kappa shape index (κ1) is 17.3. The van der Waals surface area contributed by atoms with Gasteiger partial charge in [0, 0.05) is 13.1 Å². The van der Waals surface area contributed by atoms with E-state index in [-0.39, 0.29) is 5.82 Å². The zero-order valence-corrected chi connectivity index (χ0v) is 13.2. The largest absolute Gasteiger partial charge is 0.383 e. The van der Waals surface area contributed by atoms with Crippen molar-refractivity contribution in [3.8, 4) is 0 Å². The second-order valence-electron chi connectivity index (χ2n) is 5.46. The maximum absolute atomic E-state index is 11.8. The number of nitrogen functional groups attached to an aromatic ring is 1. The molecule has 0 aromatic carbocycles. The van der Waals surface area contributed by atoms with Crippen LogP contribution in [0.5, 0.6) is 0 Å². The summed E-state index contributed by atoms with van der Waals surface area (Å²) in [6.45, 7) is 4.22. The summed E-state index contributed by atoms with van der Waals surface area (Å²) in [7, 11) is 4.06. The third-order valence-corrected chi connectivity index (χ3v) is 3.31. The summed E-state index contributed by atoms with van der Waals surface area (Å²) in [5.74, 6) is 0.227. The molecule has 1 aromatic heterocycles. The van der Waals surface area contributed by atoms with Gasteiger partial charge in [-0.3, -0.25) is 14.3 Å². The van der Waals surface area contributed by atoms with Crippen LogP contribution >= 0.6 is 0 Å². The molecule has 4 N–H and O–H groups in total. The van der Waals surface area contributed by atoms with Gasteiger partial charge in [0.05, 0.1) is 0 Å². The van der Waals surface area contributed by atoms with E-state index >= 15 is 0 Å². The second-order valence-corrected chi connectivity index (χ2v) is 5.46. The lowest BCUT2D eigenvalue weighted by Gasteiger charge is -2.14. The minimum atomic E-state index is -0.446. The van der Waals surface area contributed by atoms with Crippen LogP contribution in [0.4, 0.5) is 11.5 Å². The highest BCUT2D eigenvalue weighted by Gasteiger charge is 2.11. The van der Waals surface area contributed by atoms with Gasteiger partial charge >= 0.3 is 5.69 Å². The molecule has 1 aromatic rings. The van der Waals surface area contributed by atoms with Crippen molar-refractivity contribution in [3.05, 3.63) is 20.8 Å². The van der Waals surface area contributed by atoms with E-state index in [1.807, 2.05) is 21.0 Å². The molecule has 0 aliphatic rings. The standard InChI is InChI=1S/C14H27N5O2/c1-4-5-10-19-12(15)11(13(20)17-14(19)21)16-8-6-7-9-18(2)3/h16H,4-10,15H2,1-3H3,(H,17,20,21). The minimum Gasteiger partial charge on any atom is -0.383 e. The van der Waals surface area contributed by atoms with Gasteiger partial charge in [-0.25, -0.2) is 4.79 Å². The Labute approximate surface area is 125 Å². The Morgan fingerprint density at radius 1 is 1.24 bits per heavy atom. The summed E-state index contributed by atoms with van der Waals surface area (Å²) >= 11 is 0. The van der Waals surface area contributed by atoms with Crippen LogP contribution in [0.2, 0.25) is 0 Å². The highest BCUT2D eigenvalue weighted by Crippen LogP contribution is 2.11. The molecule has 0 radical (unpaired) electrons. The number of anilines is 2. The van der Waals surface area contributed by atoms with Gasteiger partial charge in [-0.05, 0) is 39.9 Å². The Morgan fingerprint density at radius 3 is 2.57 bits per heavy atom. The number of nitrogens with one attached hydrogen (secondary N) is 2. The van der Waals surface area contributed by atoms with Crippen LogP contribution < -0.4 is 22.3 Å². The molecule has 21 heavy (non-hydrogen) atoms. The summed E-state index contributed by atoms with van der Waals surface area (Å²) in [5, 5.41) is 3.05. The van der Waals surface area contributed by atoms with Crippen molar-refractivity contribution in [2.75, 3.05) is 38.2 Å². The van der Waals surface area contributed by atoms with Crippen LogP contribution in [0.1, 0.15) is 32.6 Å². The van der Waals surface area contributed by atoms with Crippen molar-refractivity contribution in [2.45, 2.75) is 39.2 Å². The first-order chi connectivity index (χ1) is 9.97. The molecule has 0 saturated heterocycles. The Balaban J connectivity index is 2.73. The zero-order chi connectivity index (χ0) is 15.8. The minimum absolute atomic E-state index is 0.227. The molecule has 0 spiro atoms. The number of H-pyrrole nitrogens is 1. The highest BCUT2D eigenvalue weighted by molar-refractivity contribution is 5.60. The molecule has 0 atom stereocenters. The van der Waals surface area contributed by atoms with E-state index in [0.29, 0.717) is 18.8 Å². The van der Waals surface area contributed by atoms with Crippen molar-refractivity contribution in [2.24, 2.45) is 0 Å². The summed E-state index contributed by atoms with van der Waals surface area (Å²) in [4.78, 5) is 28.0. The zero-order valence-electron chi connectivity index (χ0n) is 13.2. The molecular formula is C14H27N5O2. The molecule has 0 bridgehead atoms. The van der Waals surface area contributed by atoms with E-state index < -0.39 is 11.2 Å². The van der Waals surface area contributed by atoms with Crippen LogP contribution in [0.3, 0.4) is 0 Å². The van der Waals surface area contributed by atoms with Crippen molar-refractivity contribution in [3.63, 3.8) is 0 Å². The van der Waals surface area contributed by atoms with Gasteiger partial charge in [0.2, 0.25) is 0 Å². The summed E-state index contributed by atoms with van der Waals surface area (Å²) < 4.78 is 1.42. The van der Waals surface area contributed by atoms with Gasteiger partial charge < -0.3 is 16.0 Å². The summed E-state index contributed by atoms with van der Waals surface area (Å²) in [6.07, 6.45) is 3.77. The van der Waals surface area contributed by atoms with Gasteiger partial charge in [0.1, 0.15) is 11.5 Å². The number of nitrogens with zero attached hydrogens (tertiary/aromatic N) is 2. The number of rotatable bonds is 9. The number of hydrogen-bond donors (Lipinski definition) is 3. The van der Waals surface area contributed by atoms with E-state index in [1.54, 1.807) is 0 Å². The third-order valence-electron chi connectivity index (χ3n) is 3.31. The van der Waals surface area contributed by atoms with E-state index in [9.17, 15) is 9.59 Å². The van der Waals surface area contributed by atoms with Gasteiger partial charge in [-0.2, -0.15) is 0 Å². The van der Waals surface area contributed by atoms with Gasteiger partial charge in [-0.1, -0.05) is 13.3 Å². The van der Waals surface area contributed by atoms with Crippen molar-refractivity contribution in [1.29, 1.82) is 0 Å². The van der Waals surface area contributed by atoms with E-state index in [1.165, 1.54) is 4.57 Å². The van der Waals surface area contributed by atoms with Crippen LogP contribution in [0, 0.1) is 0 Å². The van der Waals surface area contributed by atoms with Gasteiger partial charge in [-0.15, -0.1) is 0 Å². The molecule has 0 unspecified atom stereocenters. The maximum Gasteiger partial charge on any atom is 0.330 e. The lowest BCUT2D eigenvalue weighted by atomic mass is 10.3. The number of hydrogen-bond acceptors (Lipinski definition) is 5. The predicted molar refractivity (Wildman–Crippen MR) is 86.9 cm³/mol. The molecule has 1 heterocycles. The quantitative estimate of drug-likeness (QED) is 0.582. The first-order valence-corrected chi connectivity index (χ1v) is 7.48. The number of aromatic amines is 1. The molecule has 0 aliphatic carbocycles. The molecule has 0 saturated carbocycles. The van der Waals surface area contributed by atoms with Gasteiger partial charge in [0.15, 0.2) is 0 Å². The molecule has 0 amide bonds. The molecule has 0 aliphatic heterocycles. The van der Waals surface area contributed by atoms with Crippen molar-refractivity contribution < 1.29 is 0 Å². The van der Waals surface area contributed by atoms with Crippen molar-refractivity contribution in [1.82, 2.24) is 14.5 Å². The number of aromatic nitrogens is 2. The highest BCUT2D eigenvalue weighted by atomic mass is 16.2. The SMILES string of the molecule is CCCCn1c(N)c(NCCCCN(C)C)c(=O)[nH]c1=O. The summed E-state index contributed by atoms with van der Waals surface area (Å²) in [6, 6.07) is 0. The Bertz CT molecular complexity index is 547. The topological polar surface area (TPSA) is 96.2 Å². The normalized spacial score (nSPS) is 11.0. The molecule has 1 rings (SSSR count). The van der Waals surface area contributed by atoms with E-state index in [0.717, 1.165) is 32.2 Å². The molecule has 0 fully saturated rings. The Hall–Kier alpha value is -1.76. The Kier molecular flexibility index (Phi) is 7.01. The monoisotopic (exact) mass is 297 g/mol. The fraction of sp³-hybridized carbons (Fsp3) is 0.714. The fourth-order valence-electron chi connectivity index (χ4n) is 2.06. The van der Waals surface area contributed by atoms with Crippen molar-refractivity contribution >= 4 is 11.5 Å². The average molecular weight is 297 g/mol. The second kappa shape index (κ2) is 8.51. The number of nitrogens with two attached hydrogens (primary N) is 1. The van der Waals surface area contributed by atoms with Crippen LogP contribution in [0.25, 0.3) is 0 Å². The molecule has 7 heteroatoms. The average Bonchev–Trinajstić information content (AvgIpc) is 2.41. The summed E-state index contributed by atoms with van der Waals surface area (Å²) in [5.41, 5.74) is 5.38. The first-order valence-electron chi connectivity index (χ1n) is 7.48. The molecule has 120 valence electrons. The predicted octanol–water partition coefficient (Wildman–Crippen LogP) is 0.673. The van der Waals surface area contributed by atoms with Crippen LogP contribution in [-0.2, 0) is 6.54 Å². The number of unbranched alkanes of at least 4 members (excludes halogenated alkanes) is 2. The fourth-order valence-corrected chi connectivity index (χ4v) is 2.06. The lowest BCUT2D eigenvalue weighted by molar-refractivity contribution is 0.396. The molecule has 7 nitrogen and oxygen atoms in total. The van der Waals surface area contributed by atoms with Gasteiger partial charge in [0.25, 0.3) is 5.56 Å². The Morgan fingerprint density at radius 2 is 1.95 bits per heavy atom. The van der Waals surface area contributed by atoms with E-state index in [4.69, 9.17) is 5.73 Å². The lowest BCUT2D eigenvalue weighted by Crippen LogP contribution is -2.34. The van der Waals surface area contributed by atoms with Crippen LogP contribution in [0.15, 0.2) is 9.59 Å². The smallest absolute Gasteiger partial charge is 0.330 e.